The third kappa shape index (κ3) is 9.47. The minimum atomic E-state index is 0. The molecular formula is C13H20BrClN2O2S. The van der Waals surface area contributed by atoms with Gasteiger partial charge in [-0.3, -0.25) is 4.79 Å². The number of rotatable bonds is 9. The van der Waals surface area contributed by atoms with Gasteiger partial charge in [-0.05, 0) is 18.2 Å². The summed E-state index contributed by atoms with van der Waals surface area (Å²) in [4.78, 5) is 11.1. The predicted octanol–water partition coefficient (Wildman–Crippen LogP) is 2.45. The molecule has 0 aliphatic carbocycles. The minimum absolute atomic E-state index is 0. The predicted molar refractivity (Wildman–Crippen MR) is 90.9 cm³/mol. The number of halogens is 2. The molecule has 1 aromatic rings. The second-order valence-electron chi connectivity index (χ2n) is 3.81. The van der Waals surface area contributed by atoms with Crippen molar-refractivity contribution in [3.8, 4) is 5.75 Å². The Bertz CT molecular complexity index is 396. The zero-order chi connectivity index (χ0) is 13.9. The average molecular weight is 384 g/mol. The maximum Gasteiger partial charge on any atom is 0.221 e. The summed E-state index contributed by atoms with van der Waals surface area (Å²) in [6.07, 6.45) is 0.399. The van der Waals surface area contributed by atoms with Crippen LogP contribution in [0, 0.1) is 0 Å². The van der Waals surface area contributed by atoms with Gasteiger partial charge in [0.15, 0.2) is 0 Å². The molecule has 3 N–H and O–H groups in total. The summed E-state index contributed by atoms with van der Waals surface area (Å²) in [6, 6.07) is 7.78. The van der Waals surface area contributed by atoms with Gasteiger partial charge >= 0.3 is 0 Å². The number of hydrogen-bond donors (Lipinski definition) is 2. The van der Waals surface area contributed by atoms with Gasteiger partial charge in [0.05, 0.1) is 6.61 Å². The van der Waals surface area contributed by atoms with E-state index in [4.69, 9.17) is 10.5 Å². The number of benzene rings is 1. The first-order chi connectivity index (χ1) is 9.22. The number of nitrogens with one attached hydrogen (secondary N) is 1. The zero-order valence-electron chi connectivity index (χ0n) is 11.1. The van der Waals surface area contributed by atoms with Crippen LogP contribution in [0.1, 0.15) is 6.42 Å². The maximum atomic E-state index is 11.1. The summed E-state index contributed by atoms with van der Waals surface area (Å²) < 4.78 is 6.61. The van der Waals surface area contributed by atoms with Crippen LogP contribution in [0.4, 0.5) is 0 Å². The summed E-state index contributed by atoms with van der Waals surface area (Å²) in [5.41, 5.74) is 5.28. The Morgan fingerprint density at radius 3 is 2.90 bits per heavy atom. The van der Waals surface area contributed by atoms with Crippen molar-refractivity contribution in [2.45, 2.75) is 6.42 Å². The van der Waals surface area contributed by atoms with E-state index in [1.54, 1.807) is 11.8 Å². The summed E-state index contributed by atoms with van der Waals surface area (Å²) in [5.74, 6) is 2.68. The van der Waals surface area contributed by atoms with Gasteiger partial charge in [0.25, 0.3) is 0 Å². The fraction of sp³-hybridized carbons (Fsp3) is 0.462. The van der Waals surface area contributed by atoms with Crippen molar-refractivity contribution in [2.24, 2.45) is 5.73 Å². The van der Waals surface area contributed by atoms with Gasteiger partial charge in [-0.2, -0.15) is 11.8 Å². The van der Waals surface area contributed by atoms with Crippen LogP contribution in [-0.2, 0) is 4.79 Å². The van der Waals surface area contributed by atoms with E-state index in [9.17, 15) is 4.79 Å². The fourth-order valence-corrected chi connectivity index (χ4v) is 2.39. The van der Waals surface area contributed by atoms with E-state index in [0.29, 0.717) is 26.1 Å². The molecule has 20 heavy (non-hydrogen) atoms. The Morgan fingerprint density at radius 2 is 2.20 bits per heavy atom. The monoisotopic (exact) mass is 382 g/mol. The highest BCUT2D eigenvalue weighted by molar-refractivity contribution is 9.10. The highest BCUT2D eigenvalue weighted by Crippen LogP contribution is 2.17. The molecule has 1 rings (SSSR count). The summed E-state index contributed by atoms with van der Waals surface area (Å²) in [6.45, 7) is 1.75. The third-order valence-electron chi connectivity index (χ3n) is 2.23. The van der Waals surface area contributed by atoms with Gasteiger partial charge in [0.2, 0.25) is 5.91 Å². The van der Waals surface area contributed by atoms with E-state index in [0.717, 1.165) is 21.7 Å². The molecule has 7 heteroatoms. The van der Waals surface area contributed by atoms with Crippen molar-refractivity contribution >= 4 is 46.0 Å². The summed E-state index contributed by atoms with van der Waals surface area (Å²) in [7, 11) is 0. The van der Waals surface area contributed by atoms with Gasteiger partial charge in [-0.1, -0.05) is 22.0 Å². The number of nitrogens with two attached hydrogens (primary N) is 1. The Balaban J connectivity index is 0.00000361. The molecule has 0 saturated heterocycles. The van der Waals surface area contributed by atoms with E-state index < -0.39 is 0 Å². The largest absolute Gasteiger partial charge is 0.493 e. The van der Waals surface area contributed by atoms with Crippen molar-refractivity contribution in [2.75, 3.05) is 31.2 Å². The van der Waals surface area contributed by atoms with E-state index in [1.165, 1.54) is 0 Å². The lowest BCUT2D eigenvalue weighted by molar-refractivity contribution is -0.120. The van der Waals surface area contributed by atoms with Crippen molar-refractivity contribution < 1.29 is 9.53 Å². The van der Waals surface area contributed by atoms with Crippen LogP contribution in [0.2, 0.25) is 0 Å². The number of carbonyl (C=O) groups is 1. The molecular weight excluding hydrogens is 364 g/mol. The molecule has 0 radical (unpaired) electrons. The van der Waals surface area contributed by atoms with Gasteiger partial charge in [0.1, 0.15) is 5.75 Å². The van der Waals surface area contributed by atoms with Gasteiger partial charge in [-0.25, -0.2) is 0 Å². The average Bonchev–Trinajstić information content (AvgIpc) is 2.38. The SMILES string of the molecule is Cl.NCCC(=O)NCCSCCOc1cccc(Br)c1. The Kier molecular flexibility index (Phi) is 12.1. The maximum absolute atomic E-state index is 11.1. The van der Waals surface area contributed by atoms with Crippen LogP contribution in [0.25, 0.3) is 0 Å². The van der Waals surface area contributed by atoms with Crippen LogP contribution < -0.4 is 15.8 Å². The highest BCUT2D eigenvalue weighted by atomic mass is 79.9. The highest BCUT2D eigenvalue weighted by Gasteiger charge is 1.98. The quantitative estimate of drug-likeness (QED) is 0.643. The number of ether oxygens (including phenoxy) is 1. The lowest BCUT2D eigenvalue weighted by Gasteiger charge is -2.07. The summed E-state index contributed by atoms with van der Waals surface area (Å²) in [5, 5.41) is 2.81. The fourth-order valence-electron chi connectivity index (χ4n) is 1.36. The standard InChI is InChI=1S/C13H19BrN2O2S.ClH/c14-11-2-1-3-12(10-11)18-7-9-19-8-6-16-13(17)4-5-15;/h1-3,10H,4-9,15H2,(H,16,17);1H. The topological polar surface area (TPSA) is 64.4 Å². The van der Waals surface area contributed by atoms with Crippen LogP contribution in [0.5, 0.6) is 5.75 Å². The van der Waals surface area contributed by atoms with Gasteiger partial charge in [-0.15, -0.1) is 12.4 Å². The number of amides is 1. The van der Waals surface area contributed by atoms with Crippen LogP contribution >= 0.6 is 40.1 Å². The molecule has 0 unspecified atom stereocenters. The zero-order valence-corrected chi connectivity index (χ0v) is 14.4. The number of thioether (sulfide) groups is 1. The molecule has 0 bridgehead atoms. The second kappa shape index (κ2) is 12.3. The van der Waals surface area contributed by atoms with Crippen molar-refractivity contribution in [3.63, 3.8) is 0 Å². The molecule has 114 valence electrons. The third-order valence-corrected chi connectivity index (χ3v) is 3.67. The van der Waals surface area contributed by atoms with Gasteiger partial charge in [0, 0.05) is 35.5 Å². The molecule has 0 aromatic heterocycles. The molecule has 1 aromatic carbocycles. The van der Waals surface area contributed by atoms with Crippen LogP contribution in [0.15, 0.2) is 28.7 Å². The van der Waals surface area contributed by atoms with Crippen molar-refractivity contribution in [3.05, 3.63) is 28.7 Å². The van der Waals surface area contributed by atoms with E-state index in [1.807, 2.05) is 24.3 Å². The first-order valence-corrected chi connectivity index (χ1v) is 8.10. The Labute approximate surface area is 138 Å². The molecule has 0 aliphatic rings. The minimum Gasteiger partial charge on any atom is -0.493 e. The van der Waals surface area contributed by atoms with E-state index in [-0.39, 0.29) is 18.3 Å². The summed E-state index contributed by atoms with van der Waals surface area (Å²) >= 11 is 5.15. The molecule has 1 amide bonds. The van der Waals surface area contributed by atoms with Crippen LogP contribution in [0.3, 0.4) is 0 Å². The lowest BCUT2D eigenvalue weighted by Crippen LogP contribution is -2.27. The van der Waals surface area contributed by atoms with E-state index >= 15 is 0 Å². The molecule has 0 aliphatic heterocycles. The van der Waals surface area contributed by atoms with Crippen LogP contribution in [-0.4, -0.2) is 37.1 Å². The van der Waals surface area contributed by atoms with Crippen molar-refractivity contribution in [1.82, 2.24) is 5.32 Å². The number of carbonyl (C=O) groups excluding carboxylic acids is 1. The second-order valence-corrected chi connectivity index (χ2v) is 5.95. The Morgan fingerprint density at radius 1 is 1.40 bits per heavy atom. The Hall–Kier alpha value is -0.430. The smallest absolute Gasteiger partial charge is 0.221 e. The molecule has 0 spiro atoms. The molecule has 0 saturated carbocycles. The lowest BCUT2D eigenvalue weighted by atomic mass is 10.3. The first kappa shape index (κ1) is 19.6. The number of hydrogen-bond acceptors (Lipinski definition) is 4. The van der Waals surface area contributed by atoms with Crippen molar-refractivity contribution in [1.29, 1.82) is 0 Å². The normalized spacial score (nSPS) is 9.70. The first-order valence-electron chi connectivity index (χ1n) is 6.15. The molecule has 0 fully saturated rings. The molecule has 0 atom stereocenters. The molecule has 0 heterocycles. The van der Waals surface area contributed by atoms with E-state index in [2.05, 4.69) is 21.2 Å². The van der Waals surface area contributed by atoms with Gasteiger partial charge < -0.3 is 15.8 Å². The molecule has 4 nitrogen and oxygen atoms in total.